The second-order valence-electron chi connectivity index (χ2n) is 6.99. The number of carbonyl (C=O) groups excluding carboxylic acids is 2. The minimum Gasteiger partial charge on any atom is -0.496 e. The van der Waals surface area contributed by atoms with Crippen LogP contribution in [0.1, 0.15) is 33.8 Å². The van der Waals surface area contributed by atoms with Crippen LogP contribution in [-0.4, -0.2) is 48.5 Å². The van der Waals surface area contributed by atoms with Crippen LogP contribution in [0.25, 0.3) is 11.0 Å². The number of ketones is 1. The quantitative estimate of drug-likeness (QED) is 0.442. The summed E-state index contributed by atoms with van der Waals surface area (Å²) in [5.41, 5.74) is 0.406. The fraction of sp³-hybridized carbons (Fsp3) is 0.421. The van der Waals surface area contributed by atoms with Crippen molar-refractivity contribution in [2.45, 2.75) is 37.4 Å². The lowest BCUT2D eigenvalue weighted by Gasteiger charge is -2.20. The Morgan fingerprint density at radius 3 is 2.86 bits per heavy atom. The number of halogens is 1. The molecule has 0 spiro atoms. The number of hydrogen-bond acceptors (Lipinski definition) is 9. The van der Waals surface area contributed by atoms with Gasteiger partial charge in [-0.2, -0.15) is 0 Å². The van der Waals surface area contributed by atoms with Gasteiger partial charge in [0.1, 0.15) is 28.5 Å². The molecular formula is C19H15ClO9. The van der Waals surface area contributed by atoms with Crippen LogP contribution < -0.4 is 15.1 Å². The average molecular weight is 423 g/mol. The maximum absolute atomic E-state index is 12.5. The predicted octanol–water partition coefficient (Wildman–Crippen LogP) is 1.23. The Hall–Kier alpha value is -2.62. The van der Waals surface area contributed by atoms with E-state index in [1.165, 1.54) is 7.11 Å². The number of aliphatic hydroxyl groups excluding tert-OH is 1. The van der Waals surface area contributed by atoms with Crippen LogP contribution in [0, 0.1) is 0 Å². The molecule has 152 valence electrons. The number of carbonyl (C=O) groups is 2. The molecule has 29 heavy (non-hydrogen) atoms. The zero-order chi connectivity index (χ0) is 20.4. The number of Topliss-reactive ketones (excluding diaryl/α,β-unsaturated/α-hetero) is 1. The number of esters is 1. The van der Waals surface area contributed by atoms with Crippen LogP contribution in [0.4, 0.5) is 0 Å². The van der Waals surface area contributed by atoms with Crippen molar-refractivity contribution < 1.29 is 38.1 Å². The molecule has 2 aromatic rings. The number of methoxy groups -OCH3 is 1. The number of benzene rings is 1. The molecule has 10 heteroatoms. The normalized spacial score (nSPS) is 26.8. The minimum atomic E-state index is -1.44. The summed E-state index contributed by atoms with van der Waals surface area (Å²) in [7, 11) is 1.45. The van der Waals surface area contributed by atoms with Gasteiger partial charge >= 0.3 is 11.6 Å². The first-order valence-electron chi connectivity index (χ1n) is 8.94. The van der Waals surface area contributed by atoms with Gasteiger partial charge in [0.25, 0.3) is 0 Å². The lowest BCUT2D eigenvalue weighted by molar-refractivity contribution is -0.181. The van der Waals surface area contributed by atoms with E-state index in [-0.39, 0.29) is 23.4 Å². The minimum absolute atomic E-state index is 0.0269. The molecule has 3 heterocycles. The van der Waals surface area contributed by atoms with Crippen molar-refractivity contribution >= 4 is 34.3 Å². The first-order chi connectivity index (χ1) is 13.9. The maximum atomic E-state index is 12.5. The summed E-state index contributed by atoms with van der Waals surface area (Å²) in [4.78, 5) is 36.4. The second kappa shape index (κ2) is 6.45. The Balaban J connectivity index is 1.76. The summed E-state index contributed by atoms with van der Waals surface area (Å²) in [6.45, 7) is 0. The van der Waals surface area contributed by atoms with E-state index in [1.807, 2.05) is 0 Å². The summed E-state index contributed by atoms with van der Waals surface area (Å²) in [5.74, 6) is -1.47. The Bertz CT molecular complexity index is 1120. The van der Waals surface area contributed by atoms with Crippen LogP contribution >= 0.6 is 11.6 Å². The Morgan fingerprint density at radius 2 is 2.14 bits per heavy atom. The molecule has 3 aliphatic rings. The molecule has 2 aliphatic heterocycles. The fourth-order valence-electron chi connectivity index (χ4n) is 4.35. The van der Waals surface area contributed by atoms with E-state index in [0.29, 0.717) is 34.4 Å². The number of aryl methyl sites for hydroxylation is 1. The second-order valence-corrected chi connectivity index (χ2v) is 7.26. The van der Waals surface area contributed by atoms with Crippen LogP contribution in [-0.2, 0) is 20.7 Å². The maximum Gasteiger partial charge on any atom is 0.347 e. The van der Waals surface area contributed by atoms with Gasteiger partial charge in [0.15, 0.2) is 18.2 Å². The molecule has 0 bridgehead atoms. The van der Waals surface area contributed by atoms with Crippen molar-refractivity contribution in [3.63, 3.8) is 0 Å². The smallest absolute Gasteiger partial charge is 0.347 e. The monoisotopic (exact) mass is 422 g/mol. The third-order valence-corrected chi connectivity index (χ3v) is 5.72. The predicted molar refractivity (Wildman–Crippen MR) is 96.5 cm³/mol. The molecule has 1 aliphatic carbocycles. The highest BCUT2D eigenvalue weighted by molar-refractivity contribution is 6.26. The number of aliphatic hydroxyl groups is 1. The summed E-state index contributed by atoms with van der Waals surface area (Å²) in [6.07, 6.45) is -2.91. The summed E-state index contributed by atoms with van der Waals surface area (Å²) in [5, 5.41) is 10.7. The van der Waals surface area contributed by atoms with Gasteiger partial charge in [-0.15, -0.1) is 11.6 Å². The summed E-state index contributed by atoms with van der Waals surface area (Å²) < 4.78 is 27.4. The van der Waals surface area contributed by atoms with Crippen molar-refractivity contribution in [2.24, 2.45) is 0 Å². The van der Waals surface area contributed by atoms with Crippen molar-refractivity contribution in [2.75, 3.05) is 13.0 Å². The molecule has 1 saturated heterocycles. The third-order valence-electron chi connectivity index (χ3n) is 5.50. The molecule has 5 rings (SSSR count). The molecule has 1 fully saturated rings. The standard InChI is InChI=1S/C19H15ClO9/c1-25-8-4-9-13(14-16(27-10(22)5-20)18(24)29-19(14)26-9)15-12(8)6-2-3-7(21)11(6)17(23)28-15/h4,14,16,18-19,24H,2-3,5H2,1H3/t14-,16-,18-,19+/m1/s1. The lowest BCUT2D eigenvalue weighted by atomic mass is 9.92. The molecule has 0 saturated carbocycles. The van der Waals surface area contributed by atoms with Crippen LogP contribution in [0.2, 0.25) is 0 Å². The SMILES string of the molecule is COc1cc2c(c3oc(=O)c4c(c13)CCC4=O)[C@H]1[C@@H](O2)O[C@@H](O)[C@@H]1OC(=O)CCl. The van der Waals surface area contributed by atoms with E-state index >= 15 is 0 Å². The highest BCUT2D eigenvalue weighted by atomic mass is 35.5. The summed E-state index contributed by atoms with van der Waals surface area (Å²) in [6, 6.07) is 1.61. The van der Waals surface area contributed by atoms with Gasteiger partial charge in [-0.05, 0) is 12.0 Å². The Kier molecular flexibility index (Phi) is 4.09. The Morgan fingerprint density at radius 1 is 1.34 bits per heavy atom. The fourth-order valence-corrected chi connectivity index (χ4v) is 4.42. The summed E-state index contributed by atoms with van der Waals surface area (Å²) >= 11 is 5.52. The number of hydrogen-bond donors (Lipinski definition) is 1. The lowest BCUT2D eigenvalue weighted by Crippen LogP contribution is -2.31. The molecule has 9 nitrogen and oxygen atoms in total. The number of fused-ring (bicyclic) bond motifs is 7. The van der Waals surface area contributed by atoms with Crippen LogP contribution in [0.15, 0.2) is 15.3 Å². The van der Waals surface area contributed by atoms with Gasteiger partial charge in [0.2, 0.25) is 6.29 Å². The van der Waals surface area contributed by atoms with E-state index in [0.717, 1.165) is 0 Å². The molecule has 0 amide bonds. The number of rotatable bonds is 3. The number of ether oxygens (including phenoxy) is 4. The largest absolute Gasteiger partial charge is 0.496 e. The molecule has 1 aromatic heterocycles. The van der Waals surface area contributed by atoms with E-state index in [1.54, 1.807) is 6.07 Å². The van der Waals surface area contributed by atoms with Gasteiger partial charge in [-0.3, -0.25) is 9.59 Å². The molecule has 4 atom stereocenters. The average Bonchev–Trinajstić information content (AvgIpc) is 3.34. The highest BCUT2D eigenvalue weighted by Crippen LogP contribution is 2.52. The highest BCUT2D eigenvalue weighted by Gasteiger charge is 2.55. The zero-order valence-corrected chi connectivity index (χ0v) is 15.9. The van der Waals surface area contributed by atoms with Gasteiger partial charge in [0, 0.05) is 12.5 Å². The van der Waals surface area contributed by atoms with Gasteiger partial charge in [-0.25, -0.2) is 4.79 Å². The van der Waals surface area contributed by atoms with Crippen LogP contribution in [0.3, 0.4) is 0 Å². The van der Waals surface area contributed by atoms with Gasteiger partial charge < -0.3 is 28.5 Å². The molecule has 1 aromatic carbocycles. The van der Waals surface area contributed by atoms with Gasteiger partial charge in [-0.1, -0.05) is 0 Å². The third kappa shape index (κ3) is 2.51. The first kappa shape index (κ1) is 18.4. The van der Waals surface area contributed by atoms with Crippen molar-refractivity contribution in [3.8, 4) is 11.5 Å². The zero-order valence-electron chi connectivity index (χ0n) is 15.1. The Labute approximate surface area is 168 Å². The van der Waals surface area contributed by atoms with E-state index in [4.69, 9.17) is 35.0 Å². The van der Waals surface area contributed by atoms with E-state index in [9.17, 15) is 19.5 Å². The van der Waals surface area contributed by atoms with Gasteiger partial charge in [0.05, 0.1) is 24.0 Å². The molecular weight excluding hydrogens is 408 g/mol. The van der Waals surface area contributed by atoms with Crippen molar-refractivity contribution in [3.05, 3.63) is 33.2 Å². The molecule has 0 unspecified atom stereocenters. The first-order valence-corrected chi connectivity index (χ1v) is 9.47. The van der Waals surface area contributed by atoms with E-state index < -0.39 is 42.1 Å². The van der Waals surface area contributed by atoms with Crippen LogP contribution in [0.5, 0.6) is 11.5 Å². The number of alkyl halides is 1. The topological polar surface area (TPSA) is 122 Å². The molecule has 1 N–H and O–H groups in total. The molecule has 0 radical (unpaired) electrons. The van der Waals surface area contributed by atoms with E-state index in [2.05, 4.69) is 0 Å². The van der Waals surface area contributed by atoms with Crippen molar-refractivity contribution in [1.29, 1.82) is 0 Å². The van der Waals surface area contributed by atoms with Crippen molar-refractivity contribution in [1.82, 2.24) is 0 Å².